The summed E-state index contributed by atoms with van der Waals surface area (Å²) in [4.78, 5) is 3.77. The first-order chi connectivity index (χ1) is 6.68. The molecule has 1 rings (SSSR count). The zero-order valence-electron chi connectivity index (χ0n) is 8.72. The molecule has 0 aliphatic heterocycles. The van der Waals surface area contributed by atoms with E-state index in [1.807, 2.05) is 20.8 Å². The summed E-state index contributed by atoms with van der Waals surface area (Å²) in [5, 5.41) is 0.607. The number of alkyl halides is 3. The molecule has 0 saturated carbocycles. The highest BCUT2D eigenvalue weighted by atomic mass is 32.2. The molecule has 1 nitrogen and oxygen atoms in total. The van der Waals surface area contributed by atoms with E-state index < -0.39 is 11.7 Å². The minimum atomic E-state index is -4.31. The lowest BCUT2D eigenvalue weighted by Crippen LogP contribution is -2.08. The van der Waals surface area contributed by atoms with Gasteiger partial charge in [-0.1, -0.05) is 20.8 Å². The molecule has 1 aromatic heterocycles. The summed E-state index contributed by atoms with van der Waals surface area (Å²) < 4.78 is 36.6. The van der Waals surface area contributed by atoms with Crippen molar-refractivity contribution < 1.29 is 13.2 Å². The maximum absolute atomic E-state index is 12.2. The predicted molar refractivity (Wildman–Crippen MR) is 54.8 cm³/mol. The Balaban J connectivity index is 2.82. The predicted octanol–water partition coefficient (Wildman–Crippen LogP) is 3.99. The summed E-state index contributed by atoms with van der Waals surface area (Å²) in [6, 6.07) is 2.46. The zero-order valence-corrected chi connectivity index (χ0v) is 9.54. The van der Waals surface area contributed by atoms with Crippen molar-refractivity contribution in [3.63, 3.8) is 0 Å². The molecule has 0 aliphatic carbocycles. The molecule has 0 aliphatic rings. The van der Waals surface area contributed by atoms with Crippen LogP contribution in [0.25, 0.3) is 0 Å². The summed E-state index contributed by atoms with van der Waals surface area (Å²) >= 11 is 1.44. The number of aromatic nitrogens is 1. The van der Waals surface area contributed by atoms with Crippen LogP contribution in [0.4, 0.5) is 13.2 Å². The molecule has 0 bridgehead atoms. The maximum atomic E-state index is 12.2. The van der Waals surface area contributed by atoms with Crippen LogP contribution in [0, 0.1) is 0 Å². The fourth-order valence-electron chi connectivity index (χ4n) is 0.922. The Morgan fingerprint density at radius 3 is 2.07 bits per heavy atom. The number of nitrogens with zero attached hydrogens (tertiary/aromatic N) is 1. The molecule has 0 N–H and O–H groups in total. The standard InChI is InChI=1S/C10H12F3NS/c1-9(2,3)15-8-5-4-7(6-14-8)10(11,12)13/h4-6H,1-3H3. The van der Waals surface area contributed by atoms with Gasteiger partial charge in [0.2, 0.25) is 0 Å². The van der Waals surface area contributed by atoms with Crippen molar-refractivity contribution in [2.45, 2.75) is 36.7 Å². The highest BCUT2D eigenvalue weighted by molar-refractivity contribution is 8.00. The number of hydrogen-bond donors (Lipinski definition) is 0. The number of hydrogen-bond acceptors (Lipinski definition) is 2. The van der Waals surface area contributed by atoms with E-state index in [1.165, 1.54) is 17.8 Å². The van der Waals surface area contributed by atoms with Crippen molar-refractivity contribution in [1.82, 2.24) is 4.98 Å². The molecule has 0 fully saturated rings. The molecule has 0 aromatic carbocycles. The third-order valence-electron chi connectivity index (χ3n) is 1.47. The fraction of sp³-hybridized carbons (Fsp3) is 0.500. The van der Waals surface area contributed by atoms with Crippen LogP contribution in [0.1, 0.15) is 26.3 Å². The summed E-state index contributed by atoms with van der Waals surface area (Å²) in [5.74, 6) is 0. The molecule has 0 amide bonds. The van der Waals surface area contributed by atoms with Crippen molar-refractivity contribution in [3.05, 3.63) is 23.9 Å². The van der Waals surface area contributed by atoms with E-state index in [9.17, 15) is 13.2 Å². The van der Waals surface area contributed by atoms with E-state index in [-0.39, 0.29) is 4.75 Å². The van der Waals surface area contributed by atoms with Gasteiger partial charge >= 0.3 is 6.18 Å². The summed E-state index contributed by atoms with van der Waals surface area (Å²) in [6.45, 7) is 5.95. The van der Waals surface area contributed by atoms with Crippen LogP contribution in [-0.4, -0.2) is 9.73 Å². The number of halogens is 3. The lowest BCUT2D eigenvalue weighted by molar-refractivity contribution is -0.137. The van der Waals surface area contributed by atoms with Gasteiger partial charge in [0, 0.05) is 10.9 Å². The van der Waals surface area contributed by atoms with Gasteiger partial charge in [-0.15, -0.1) is 11.8 Å². The van der Waals surface area contributed by atoms with Crippen molar-refractivity contribution >= 4 is 11.8 Å². The third-order valence-corrected chi connectivity index (χ3v) is 2.54. The molecular formula is C10H12F3NS. The van der Waals surface area contributed by atoms with E-state index in [1.54, 1.807) is 0 Å². The maximum Gasteiger partial charge on any atom is 0.417 e. The van der Waals surface area contributed by atoms with Gasteiger partial charge < -0.3 is 0 Å². The van der Waals surface area contributed by atoms with Gasteiger partial charge in [-0.2, -0.15) is 13.2 Å². The van der Waals surface area contributed by atoms with E-state index in [0.29, 0.717) is 5.03 Å². The molecule has 0 radical (unpaired) electrons. The molecule has 0 atom stereocenters. The van der Waals surface area contributed by atoms with Gasteiger partial charge in [-0.25, -0.2) is 4.98 Å². The van der Waals surface area contributed by atoms with Crippen LogP contribution >= 0.6 is 11.8 Å². The fourth-order valence-corrected chi connectivity index (χ4v) is 1.79. The Kier molecular flexibility index (Phi) is 3.33. The van der Waals surface area contributed by atoms with Gasteiger partial charge in [0.15, 0.2) is 0 Å². The molecule has 0 unspecified atom stereocenters. The molecule has 5 heteroatoms. The van der Waals surface area contributed by atoms with Crippen molar-refractivity contribution in [2.24, 2.45) is 0 Å². The first-order valence-electron chi connectivity index (χ1n) is 4.41. The monoisotopic (exact) mass is 235 g/mol. The Bertz CT molecular complexity index is 324. The Morgan fingerprint density at radius 2 is 1.73 bits per heavy atom. The topological polar surface area (TPSA) is 12.9 Å². The summed E-state index contributed by atoms with van der Waals surface area (Å²) in [7, 11) is 0. The molecule has 0 spiro atoms. The zero-order chi connectivity index (χ0) is 11.7. The van der Waals surface area contributed by atoms with E-state index in [4.69, 9.17) is 0 Å². The Hall–Kier alpha value is -0.710. The van der Waals surface area contributed by atoms with Crippen LogP contribution in [0.2, 0.25) is 0 Å². The molecular weight excluding hydrogens is 223 g/mol. The van der Waals surface area contributed by atoms with Crippen LogP contribution in [0.5, 0.6) is 0 Å². The molecule has 1 aromatic rings. The van der Waals surface area contributed by atoms with Crippen LogP contribution in [-0.2, 0) is 6.18 Å². The first kappa shape index (κ1) is 12.4. The van der Waals surface area contributed by atoms with E-state index in [0.717, 1.165) is 12.3 Å². The second kappa shape index (κ2) is 4.04. The number of thioether (sulfide) groups is 1. The SMILES string of the molecule is CC(C)(C)Sc1ccc(C(F)(F)F)cn1. The highest BCUT2D eigenvalue weighted by Crippen LogP contribution is 2.33. The molecule has 15 heavy (non-hydrogen) atoms. The lowest BCUT2D eigenvalue weighted by Gasteiger charge is -2.16. The van der Waals surface area contributed by atoms with Crippen LogP contribution in [0.3, 0.4) is 0 Å². The van der Waals surface area contributed by atoms with Crippen molar-refractivity contribution in [1.29, 1.82) is 0 Å². The average Bonchev–Trinajstić information content (AvgIpc) is 2.00. The molecule has 0 saturated heterocycles. The second-order valence-electron chi connectivity index (χ2n) is 4.10. The summed E-state index contributed by atoms with van der Waals surface area (Å²) in [5.41, 5.74) is -0.708. The summed E-state index contributed by atoms with van der Waals surface area (Å²) in [6.07, 6.45) is -3.44. The average molecular weight is 235 g/mol. The van der Waals surface area contributed by atoms with Crippen LogP contribution < -0.4 is 0 Å². The van der Waals surface area contributed by atoms with Crippen LogP contribution in [0.15, 0.2) is 23.4 Å². The van der Waals surface area contributed by atoms with E-state index in [2.05, 4.69) is 4.98 Å². The van der Waals surface area contributed by atoms with Crippen molar-refractivity contribution in [2.75, 3.05) is 0 Å². The molecule has 1 heterocycles. The van der Waals surface area contributed by atoms with Gasteiger partial charge in [0.25, 0.3) is 0 Å². The van der Waals surface area contributed by atoms with E-state index >= 15 is 0 Å². The Morgan fingerprint density at radius 1 is 1.13 bits per heavy atom. The molecule has 84 valence electrons. The quantitative estimate of drug-likeness (QED) is 0.682. The van der Waals surface area contributed by atoms with Gasteiger partial charge in [-0.05, 0) is 12.1 Å². The second-order valence-corrected chi connectivity index (χ2v) is 5.94. The van der Waals surface area contributed by atoms with Gasteiger partial charge in [0.05, 0.1) is 10.6 Å². The van der Waals surface area contributed by atoms with Gasteiger partial charge in [-0.3, -0.25) is 0 Å². The smallest absolute Gasteiger partial charge is 0.249 e. The first-order valence-corrected chi connectivity index (χ1v) is 5.22. The normalized spacial score (nSPS) is 12.9. The largest absolute Gasteiger partial charge is 0.417 e. The van der Waals surface area contributed by atoms with Crippen molar-refractivity contribution in [3.8, 4) is 0 Å². The minimum Gasteiger partial charge on any atom is -0.249 e. The minimum absolute atomic E-state index is 0.0489. The Labute approximate surface area is 91.1 Å². The highest BCUT2D eigenvalue weighted by Gasteiger charge is 2.30. The number of pyridine rings is 1. The number of rotatable bonds is 1. The lowest BCUT2D eigenvalue weighted by atomic mass is 10.3. The van der Waals surface area contributed by atoms with Gasteiger partial charge in [0.1, 0.15) is 0 Å². The third kappa shape index (κ3) is 4.11.